The van der Waals surface area contributed by atoms with E-state index in [0.717, 1.165) is 5.57 Å². The number of fused-ring (bicyclic) bond motifs is 6. The second-order valence-electron chi connectivity index (χ2n) is 14.5. The average molecular weight is 553 g/mol. The summed E-state index contributed by atoms with van der Waals surface area (Å²) in [4.78, 5) is 39.9. The number of esters is 3. The normalized spacial score (nSPS) is 55.6. The van der Waals surface area contributed by atoms with Gasteiger partial charge in [-0.1, -0.05) is 37.3 Å². The lowest BCUT2D eigenvalue weighted by molar-refractivity contribution is -0.165. The molecule has 0 aromatic heterocycles. The fourth-order valence-electron chi connectivity index (χ4n) is 11.0. The molecule has 8 heteroatoms. The van der Waals surface area contributed by atoms with Crippen molar-refractivity contribution in [3.8, 4) is 0 Å². The van der Waals surface area contributed by atoms with E-state index in [9.17, 15) is 24.6 Å². The second-order valence-corrected chi connectivity index (χ2v) is 14.5. The van der Waals surface area contributed by atoms with Crippen LogP contribution in [0.1, 0.15) is 66.7 Å². The first-order chi connectivity index (χ1) is 18.6. The fourth-order valence-corrected chi connectivity index (χ4v) is 11.0. The Kier molecular flexibility index (Phi) is 5.08. The van der Waals surface area contributed by atoms with E-state index in [1.807, 2.05) is 26.8 Å². The van der Waals surface area contributed by atoms with Crippen LogP contribution >= 0.6 is 0 Å². The maximum atomic E-state index is 14.5. The predicted molar refractivity (Wildman–Crippen MR) is 142 cm³/mol. The third-order valence-corrected chi connectivity index (χ3v) is 12.8. The number of hydrogen-bond donors (Lipinski definition) is 2. The third-order valence-electron chi connectivity index (χ3n) is 12.8. The van der Waals surface area contributed by atoms with Gasteiger partial charge in [-0.05, 0) is 46.5 Å². The molecular formula is C32H40O8. The topological polar surface area (TPSA) is 119 Å². The fraction of sp³-hybridized carbons (Fsp3) is 0.719. The van der Waals surface area contributed by atoms with Gasteiger partial charge in [0.25, 0.3) is 0 Å². The van der Waals surface area contributed by atoms with Crippen LogP contribution < -0.4 is 0 Å². The van der Waals surface area contributed by atoms with Gasteiger partial charge in [0, 0.05) is 53.4 Å². The minimum absolute atomic E-state index is 0.180. The van der Waals surface area contributed by atoms with Crippen molar-refractivity contribution < 1.29 is 38.8 Å². The van der Waals surface area contributed by atoms with E-state index in [0.29, 0.717) is 24.8 Å². The summed E-state index contributed by atoms with van der Waals surface area (Å²) in [6, 6.07) is 0. The highest BCUT2D eigenvalue weighted by molar-refractivity contribution is 5.91. The average Bonchev–Trinajstić information content (AvgIpc) is 3.56. The van der Waals surface area contributed by atoms with E-state index in [1.54, 1.807) is 6.92 Å². The van der Waals surface area contributed by atoms with Crippen molar-refractivity contribution in [2.45, 2.75) is 96.2 Å². The van der Waals surface area contributed by atoms with Crippen LogP contribution in [0, 0.1) is 45.8 Å². The van der Waals surface area contributed by atoms with Gasteiger partial charge in [-0.3, -0.25) is 9.59 Å². The molecule has 3 saturated carbocycles. The Bertz CT molecular complexity index is 1310. The molecule has 2 bridgehead atoms. The monoisotopic (exact) mass is 552 g/mol. The van der Waals surface area contributed by atoms with Gasteiger partial charge >= 0.3 is 17.9 Å². The van der Waals surface area contributed by atoms with Crippen LogP contribution in [0.15, 0.2) is 36.0 Å². The van der Waals surface area contributed by atoms with Crippen LogP contribution in [-0.4, -0.2) is 57.6 Å². The predicted octanol–water partition coefficient (Wildman–Crippen LogP) is 3.41. The van der Waals surface area contributed by atoms with Crippen LogP contribution in [0.2, 0.25) is 0 Å². The molecule has 1 spiro atoms. The lowest BCUT2D eigenvalue weighted by atomic mass is 9.54. The molecule has 8 nitrogen and oxygen atoms in total. The molecule has 2 N–H and O–H groups in total. The molecule has 2 heterocycles. The molecule has 2 aliphatic heterocycles. The van der Waals surface area contributed by atoms with Crippen molar-refractivity contribution in [3.63, 3.8) is 0 Å². The van der Waals surface area contributed by atoms with Crippen molar-refractivity contribution >= 4 is 17.9 Å². The zero-order valence-corrected chi connectivity index (χ0v) is 23.9. The lowest BCUT2D eigenvalue weighted by Crippen LogP contribution is -2.53. The Balaban J connectivity index is 1.45. The molecule has 5 fully saturated rings. The Labute approximate surface area is 234 Å². The highest BCUT2D eigenvalue weighted by Gasteiger charge is 2.84. The minimum atomic E-state index is -1.19. The summed E-state index contributed by atoms with van der Waals surface area (Å²) < 4.78 is 18.5. The number of rotatable bonds is 1. The highest BCUT2D eigenvalue weighted by atomic mass is 16.6. The van der Waals surface area contributed by atoms with Crippen LogP contribution in [-0.2, 0) is 28.6 Å². The molecule has 2 saturated heterocycles. The van der Waals surface area contributed by atoms with E-state index in [4.69, 9.17) is 14.2 Å². The number of aliphatic hydroxyl groups is 2. The molecule has 0 unspecified atom stereocenters. The molecule has 13 atom stereocenters. The summed E-state index contributed by atoms with van der Waals surface area (Å²) in [7, 11) is 0. The van der Waals surface area contributed by atoms with Gasteiger partial charge in [0.1, 0.15) is 18.3 Å². The number of carbonyl (C=O) groups is 3. The summed E-state index contributed by atoms with van der Waals surface area (Å²) in [6.45, 7) is 13.1. The second kappa shape index (κ2) is 7.68. The van der Waals surface area contributed by atoms with Gasteiger partial charge < -0.3 is 24.4 Å². The number of allylic oxidation sites excluding steroid dienone is 2. The molecular weight excluding hydrogens is 512 g/mol. The number of ether oxygens (including phenoxy) is 3. The number of hydrogen-bond acceptors (Lipinski definition) is 8. The molecule has 0 amide bonds. The minimum Gasteiger partial charge on any atom is -0.462 e. The summed E-state index contributed by atoms with van der Waals surface area (Å²) in [5.41, 5.74) is -3.74. The van der Waals surface area contributed by atoms with Crippen molar-refractivity contribution in [3.05, 3.63) is 36.0 Å². The quantitative estimate of drug-likeness (QED) is 0.220. The first-order valence-electron chi connectivity index (χ1n) is 14.7. The molecule has 7 aliphatic rings. The van der Waals surface area contributed by atoms with Gasteiger partial charge in [0.05, 0.1) is 22.5 Å². The molecule has 0 aromatic carbocycles. The SMILES string of the molecule is C=C1C(=O)O[C@@H]2[C@@H]1CC[C@](C)(O)[C@@]13C=C[C@@](C)([C@@H]21)[C@]1(C3)C(=O)O[C@@H]2[C@@H]3C(C)=CC[C@@H]3[C@](C)(O)C[C@@H](OC(C)=O)[C@@H]21. The maximum absolute atomic E-state index is 14.5. The zero-order chi connectivity index (χ0) is 28.8. The highest BCUT2D eigenvalue weighted by Crippen LogP contribution is 2.80. The molecule has 40 heavy (non-hydrogen) atoms. The van der Waals surface area contributed by atoms with E-state index in [-0.39, 0.29) is 36.6 Å². The standard InChI is InChI=1S/C32H40O8/c1-15-7-8-19-21(15)24-22(20(38-17(3)33)13-29(19,5)36)32(27(35)40-24)14-31-12-11-28(32,4)25(31)23-18(9-10-30(31,6)37)16(2)26(34)39-23/h7,11-12,18-25,36-37H,2,8-10,13-14H2,1,3-6H3/t18-,19+,20-,21-,22+,23-,24-,25-,28+,29-,30+,31-,32+/m1/s1. The summed E-state index contributed by atoms with van der Waals surface area (Å²) in [5.74, 6) is -2.84. The van der Waals surface area contributed by atoms with E-state index < -0.39 is 69.5 Å². The van der Waals surface area contributed by atoms with Gasteiger partial charge in [0.2, 0.25) is 0 Å². The molecule has 216 valence electrons. The lowest BCUT2D eigenvalue weighted by Gasteiger charge is -2.46. The van der Waals surface area contributed by atoms with Crippen molar-refractivity contribution in [1.29, 1.82) is 0 Å². The summed E-state index contributed by atoms with van der Waals surface area (Å²) in [6.07, 6.45) is 6.43. The smallest absolute Gasteiger partial charge is 0.334 e. The number of carbonyl (C=O) groups excluding carboxylic acids is 3. The van der Waals surface area contributed by atoms with Gasteiger partial charge in [-0.2, -0.15) is 0 Å². The Hall–Kier alpha value is -2.45. The summed E-state index contributed by atoms with van der Waals surface area (Å²) >= 11 is 0. The Morgan fingerprint density at radius 1 is 1.12 bits per heavy atom. The molecule has 0 aromatic rings. The van der Waals surface area contributed by atoms with E-state index in [1.165, 1.54) is 6.92 Å². The molecule has 0 radical (unpaired) electrons. The first-order valence-corrected chi connectivity index (χ1v) is 14.7. The summed E-state index contributed by atoms with van der Waals surface area (Å²) in [5, 5.41) is 24.0. The Morgan fingerprint density at radius 3 is 2.55 bits per heavy atom. The Morgan fingerprint density at radius 2 is 1.85 bits per heavy atom. The first kappa shape index (κ1) is 26.4. The van der Waals surface area contributed by atoms with Gasteiger partial charge in [-0.15, -0.1) is 0 Å². The van der Waals surface area contributed by atoms with Crippen LogP contribution in [0.3, 0.4) is 0 Å². The molecule has 5 aliphatic carbocycles. The van der Waals surface area contributed by atoms with Crippen LogP contribution in [0.4, 0.5) is 0 Å². The van der Waals surface area contributed by atoms with Crippen molar-refractivity contribution in [2.75, 3.05) is 0 Å². The zero-order valence-electron chi connectivity index (χ0n) is 23.9. The van der Waals surface area contributed by atoms with Crippen LogP contribution in [0.25, 0.3) is 0 Å². The van der Waals surface area contributed by atoms with Crippen molar-refractivity contribution in [2.24, 2.45) is 45.8 Å². The third kappa shape index (κ3) is 2.83. The largest absolute Gasteiger partial charge is 0.462 e. The van der Waals surface area contributed by atoms with Crippen molar-refractivity contribution in [1.82, 2.24) is 0 Å². The van der Waals surface area contributed by atoms with Crippen LogP contribution in [0.5, 0.6) is 0 Å². The van der Waals surface area contributed by atoms with Gasteiger partial charge in [-0.25, -0.2) is 4.79 Å². The maximum Gasteiger partial charge on any atom is 0.334 e. The van der Waals surface area contributed by atoms with E-state index in [2.05, 4.69) is 18.7 Å². The van der Waals surface area contributed by atoms with E-state index >= 15 is 0 Å². The van der Waals surface area contributed by atoms with Gasteiger partial charge in [0.15, 0.2) is 0 Å². The molecule has 7 rings (SSSR count).